The summed E-state index contributed by atoms with van der Waals surface area (Å²) in [5.41, 5.74) is 0.558. The third-order valence-electron chi connectivity index (χ3n) is 7.22. The minimum absolute atomic E-state index is 0.0718. The Morgan fingerprint density at radius 1 is 0.870 bits per heavy atom. The van der Waals surface area contributed by atoms with Gasteiger partial charge in [-0.15, -0.1) is 11.3 Å². The molecule has 17 nitrogen and oxygen atoms in total. The standard InChI is InChI=1S/C16H14FN3O5S2.C15H13FN4O5S2/c1-9(21)18-7-11-8-19(16(22)25-11)10-2-3-14(12(17)6-10)27-15-13(20(23)24)4-5-26-15;1-8(21)17-5-10-7-19(15(22)25-10)9-2-3-12(11(16)4-9)26-14-18-6-13(27-14)20(23)24/h2-6,11H,7-8H2,1H3,(H,18,21);2-4,6,10H,5,7H2,1H3,(H,17,21)/t11-;10-/m00/s1. The number of aromatic nitrogens is 1. The van der Waals surface area contributed by atoms with E-state index in [4.69, 9.17) is 9.47 Å². The quantitative estimate of drug-likeness (QED) is 0.120. The third kappa shape index (κ3) is 10.2. The number of halogens is 2. The fourth-order valence-electron chi connectivity index (χ4n) is 4.75. The highest BCUT2D eigenvalue weighted by Gasteiger charge is 2.34. The van der Waals surface area contributed by atoms with Gasteiger partial charge in [-0.3, -0.25) is 39.6 Å². The van der Waals surface area contributed by atoms with Crippen molar-refractivity contribution in [2.75, 3.05) is 36.0 Å². The van der Waals surface area contributed by atoms with Gasteiger partial charge in [-0.25, -0.2) is 23.4 Å². The molecule has 2 fully saturated rings. The molecule has 0 aliphatic carbocycles. The number of nitro groups is 2. The van der Waals surface area contributed by atoms with E-state index in [2.05, 4.69) is 15.6 Å². The summed E-state index contributed by atoms with van der Waals surface area (Å²) in [4.78, 5) is 73.3. The van der Waals surface area contributed by atoms with Crippen LogP contribution in [0.4, 0.5) is 40.4 Å². The number of hydrogen-bond donors (Lipinski definition) is 2. The lowest BCUT2D eigenvalue weighted by Gasteiger charge is -2.14. The largest absolute Gasteiger partial charge is 0.442 e. The van der Waals surface area contributed by atoms with E-state index < -0.39 is 45.9 Å². The predicted molar refractivity (Wildman–Crippen MR) is 193 cm³/mol. The first-order valence-corrected chi connectivity index (χ1v) is 18.7. The molecule has 23 heteroatoms. The van der Waals surface area contributed by atoms with Gasteiger partial charge in [0.15, 0.2) is 4.34 Å². The van der Waals surface area contributed by atoms with Crippen LogP contribution in [0.25, 0.3) is 0 Å². The van der Waals surface area contributed by atoms with E-state index >= 15 is 0 Å². The molecule has 2 atom stereocenters. The van der Waals surface area contributed by atoms with Gasteiger partial charge in [0.2, 0.25) is 11.8 Å². The minimum Gasteiger partial charge on any atom is -0.442 e. The molecule has 2 aromatic heterocycles. The molecule has 2 aromatic carbocycles. The number of benzene rings is 2. The Morgan fingerprint density at radius 3 is 1.83 bits per heavy atom. The number of thiophene rings is 1. The molecule has 54 heavy (non-hydrogen) atoms. The highest BCUT2D eigenvalue weighted by atomic mass is 32.2. The molecule has 0 saturated carbocycles. The lowest BCUT2D eigenvalue weighted by Crippen LogP contribution is -2.33. The minimum atomic E-state index is -0.626. The molecule has 2 aliphatic rings. The van der Waals surface area contributed by atoms with Gasteiger partial charge >= 0.3 is 17.2 Å². The average Bonchev–Trinajstić information content (AvgIpc) is 3.92. The van der Waals surface area contributed by atoms with Gasteiger partial charge < -0.3 is 20.1 Å². The van der Waals surface area contributed by atoms with Crippen molar-refractivity contribution in [3.8, 4) is 0 Å². The maximum atomic E-state index is 14.5. The number of carbonyl (C=O) groups is 4. The molecule has 0 radical (unpaired) electrons. The molecule has 4 heterocycles. The lowest BCUT2D eigenvalue weighted by atomic mass is 10.2. The Labute approximate surface area is 320 Å². The monoisotopic (exact) mass is 823 g/mol. The van der Waals surface area contributed by atoms with E-state index in [1.165, 1.54) is 54.0 Å². The smallest absolute Gasteiger partial charge is 0.414 e. The number of anilines is 2. The summed E-state index contributed by atoms with van der Waals surface area (Å²) in [7, 11) is 0. The molecule has 0 bridgehead atoms. The number of thiazole rings is 1. The van der Waals surface area contributed by atoms with Crippen LogP contribution in [0.3, 0.4) is 0 Å². The Hall–Kier alpha value is -5.39. The highest BCUT2D eigenvalue weighted by Crippen LogP contribution is 2.41. The van der Waals surface area contributed by atoms with Crippen molar-refractivity contribution in [1.29, 1.82) is 0 Å². The summed E-state index contributed by atoms with van der Waals surface area (Å²) in [6.45, 7) is 3.44. The number of ether oxygens (including phenoxy) is 2. The first kappa shape index (κ1) is 39.8. The highest BCUT2D eigenvalue weighted by molar-refractivity contribution is 8.01. The maximum absolute atomic E-state index is 14.5. The fourth-order valence-corrected chi connectivity index (χ4v) is 8.44. The molecular formula is C31H27F2N7O10S4. The van der Waals surface area contributed by atoms with Gasteiger partial charge in [-0.1, -0.05) is 23.5 Å². The van der Waals surface area contributed by atoms with Crippen molar-refractivity contribution < 1.29 is 47.3 Å². The molecule has 2 saturated heterocycles. The Morgan fingerprint density at radius 2 is 1.39 bits per heavy atom. The van der Waals surface area contributed by atoms with E-state index in [1.54, 1.807) is 17.5 Å². The molecule has 4 amide bonds. The zero-order valence-corrected chi connectivity index (χ0v) is 31.2. The van der Waals surface area contributed by atoms with Crippen molar-refractivity contribution in [2.24, 2.45) is 0 Å². The van der Waals surface area contributed by atoms with Gasteiger partial charge in [0.25, 0.3) is 5.69 Å². The zero-order chi connectivity index (χ0) is 39.1. The SMILES string of the molecule is CC(=O)NC[C@H]1CN(c2ccc(Sc3ncc([N+](=O)[O-])s3)c(F)c2)C(=O)O1.CC(=O)NC[C@H]1CN(c2ccc(Sc3sccc3[N+](=O)[O-])c(F)c2)C(=O)O1. The number of nitrogens with one attached hydrogen (secondary N) is 2. The average molecular weight is 824 g/mol. The molecule has 4 aromatic rings. The molecule has 284 valence electrons. The number of amides is 4. The first-order chi connectivity index (χ1) is 25.7. The van der Waals surface area contributed by atoms with Crippen LogP contribution >= 0.6 is 46.2 Å². The summed E-state index contributed by atoms with van der Waals surface area (Å²) in [5.74, 6) is -1.66. The van der Waals surface area contributed by atoms with Crippen LogP contribution in [-0.2, 0) is 19.1 Å². The van der Waals surface area contributed by atoms with E-state index in [0.29, 0.717) is 19.9 Å². The molecular weight excluding hydrogens is 797 g/mol. The summed E-state index contributed by atoms with van der Waals surface area (Å²) in [6.07, 6.45) is -1.17. The predicted octanol–water partition coefficient (Wildman–Crippen LogP) is 6.21. The number of cyclic esters (lactones) is 2. The van der Waals surface area contributed by atoms with Gasteiger partial charge in [0.05, 0.1) is 52.3 Å². The van der Waals surface area contributed by atoms with Gasteiger partial charge in [-0.05, 0) is 53.1 Å². The Balaban J connectivity index is 0.000000208. The van der Waals surface area contributed by atoms with Crippen LogP contribution in [0.15, 0.2) is 72.4 Å². The second-order valence-electron chi connectivity index (χ2n) is 11.1. The third-order valence-corrected chi connectivity index (χ3v) is 11.5. The van der Waals surface area contributed by atoms with Crippen LogP contribution in [0.1, 0.15) is 13.8 Å². The van der Waals surface area contributed by atoms with Gasteiger partial charge in [0, 0.05) is 24.8 Å². The van der Waals surface area contributed by atoms with Crippen LogP contribution in [-0.4, -0.2) is 77.2 Å². The van der Waals surface area contributed by atoms with Crippen molar-refractivity contribution in [2.45, 2.75) is 44.4 Å². The summed E-state index contributed by atoms with van der Waals surface area (Å²) in [6, 6.07) is 9.78. The van der Waals surface area contributed by atoms with Crippen LogP contribution in [0, 0.1) is 31.9 Å². The number of rotatable bonds is 12. The number of carbonyl (C=O) groups excluding carboxylic acids is 4. The van der Waals surface area contributed by atoms with E-state index in [9.17, 15) is 48.2 Å². The molecule has 6 rings (SSSR count). The Bertz CT molecular complexity index is 2100. The summed E-state index contributed by atoms with van der Waals surface area (Å²) >= 11 is 3.93. The van der Waals surface area contributed by atoms with Crippen molar-refractivity contribution >= 4 is 92.3 Å². The lowest BCUT2D eigenvalue weighted by molar-refractivity contribution is -0.387. The van der Waals surface area contributed by atoms with Crippen LogP contribution in [0.2, 0.25) is 0 Å². The normalized spacial score (nSPS) is 16.3. The molecule has 0 unspecified atom stereocenters. The number of nitrogens with zero attached hydrogens (tertiary/aromatic N) is 5. The topological polar surface area (TPSA) is 216 Å². The fraction of sp³-hybridized carbons (Fsp3) is 0.258. The van der Waals surface area contributed by atoms with Crippen LogP contribution in [0.5, 0.6) is 0 Å². The van der Waals surface area contributed by atoms with Gasteiger partial charge in [0.1, 0.15) is 34.2 Å². The molecule has 0 spiro atoms. The second-order valence-corrected chi connectivity index (χ2v) is 15.6. The van der Waals surface area contributed by atoms with E-state index in [-0.39, 0.29) is 58.5 Å². The molecule has 2 N–H and O–H groups in total. The Kier molecular flexibility index (Phi) is 13.0. The van der Waals surface area contributed by atoms with E-state index in [1.807, 2.05) is 0 Å². The maximum Gasteiger partial charge on any atom is 0.414 e. The zero-order valence-electron chi connectivity index (χ0n) is 27.9. The second kappa shape index (κ2) is 17.6. The molecule has 2 aliphatic heterocycles. The number of hydrogen-bond acceptors (Lipinski definition) is 15. The van der Waals surface area contributed by atoms with E-state index in [0.717, 1.165) is 52.4 Å². The summed E-state index contributed by atoms with van der Waals surface area (Å²) in [5, 5.41) is 28.2. The first-order valence-electron chi connectivity index (χ1n) is 15.4. The van der Waals surface area contributed by atoms with Crippen molar-refractivity contribution in [1.82, 2.24) is 15.6 Å². The van der Waals surface area contributed by atoms with Crippen molar-refractivity contribution in [3.05, 3.63) is 85.9 Å². The van der Waals surface area contributed by atoms with Crippen LogP contribution < -0.4 is 20.4 Å². The van der Waals surface area contributed by atoms with Crippen molar-refractivity contribution in [3.63, 3.8) is 0 Å². The van der Waals surface area contributed by atoms with Gasteiger partial charge in [-0.2, -0.15) is 0 Å². The summed E-state index contributed by atoms with van der Waals surface area (Å²) < 4.78 is 39.9.